The van der Waals surface area contributed by atoms with Crippen molar-refractivity contribution in [1.82, 2.24) is 15.3 Å². The van der Waals surface area contributed by atoms with Crippen molar-refractivity contribution in [3.63, 3.8) is 0 Å². The van der Waals surface area contributed by atoms with E-state index in [-0.39, 0.29) is 5.91 Å². The molecule has 1 aromatic heterocycles. The summed E-state index contributed by atoms with van der Waals surface area (Å²) in [4.78, 5) is 19.9. The maximum Gasteiger partial charge on any atom is 0.230 e. The molecule has 0 aliphatic heterocycles. The quantitative estimate of drug-likeness (QED) is 0.594. The van der Waals surface area contributed by atoms with Gasteiger partial charge in [0.25, 0.3) is 0 Å². The van der Waals surface area contributed by atoms with E-state index in [1.54, 1.807) is 6.20 Å². The van der Waals surface area contributed by atoms with Crippen LogP contribution in [0.5, 0.6) is 0 Å². The first-order valence-electron chi connectivity index (χ1n) is 5.64. The fourth-order valence-corrected chi connectivity index (χ4v) is 2.00. The number of carbonyl (C=O) groups excluding carboxylic acids is 1. The van der Waals surface area contributed by atoms with Crippen LogP contribution in [-0.2, 0) is 4.79 Å². The third-order valence-corrected chi connectivity index (χ3v) is 3.07. The predicted octanol–water partition coefficient (Wildman–Crippen LogP) is 1.45. The summed E-state index contributed by atoms with van der Waals surface area (Å²) in [7, 11) is 0. The lowest BCUT2D eigenvalue weighted by Gasteiger charge is -2.07. The van der Waals surface area contributed by atoms with Gasteiger partial charge in [-0.3, -0.25) is 4.79 Å². The minimum Gasteiger partial charge on any atom is -0.356 e. The topological polar surface area (TPSA) is 66.9 Å². The monoisotopic (exact) mass is 254 g/mol. The van der Waals surface area contributed by atoms with E-state index in [0.717, 1.165) is 17.1 Å². The van der Waals surface area contributed by atoms with Gasteiger partial charge in [0.2, 0.25) is 11.9 Å². The zero-order valence-corrected chi connectivity index (χ0v) is 11.2. The van der Waals surface area contributed by atoms with Gasteiger partial charge in [-0.15, -0.1) is 0 Å². The van der Waals surface area contributed by atoms with Gasteiger partial charge in [-0.1, -0.05) is 11.8 Å². The standard InChI is InChI=1S/C11H18N4OS/c1-4-12-9(16)7-17-10-8(3)6-14-11(15-10)13-5-2/h6H,4-5,7H2,1-3H3,(H,12,16)(H,13,14,15). The van der Waals surface area contributed by atoms with E-state index in [0.29, 0.717) is 18.2 Å². The van der Waals surface area contributed by atoms with E-state index in [2.05, 4.69) is 20.6 Å². The maximum atomic E-state index is 11.3. The summed E-state index contributed by atoms with van der Waals surface area (Å²) in [5.41, 5.74) is 0.987. The van der Waals surface area contributed by atoms with Gasteiger partial charge in [-0.05, 0) is 26.3 Å². The Bertz CT molecular complexity index is 384. The third-order valence-electron chi connectivity index (χ3n) is 1.97. The van der Waals surface area contributed by atoms with Crippen LogP contribution in [0.2, 0.25) is 0 Å². The van der Waals surface area contributed by atoms with Crippen LogP contribution in [0.4, 0.5) is 5.95 Å². The molecule has 0 fully saturated rings. The number of carbonyl (C=O) groups is 1. The molecule has 6 heteroatoms. The molecule has 0 saturated carbocycles. The molecule has 1 aromatic rings. The molecular formula is C11H18N4OS. The summed E-state index contributed by atoms with van der Waals surface area (Å²) in [6, 6.07) is 0. The molecule has 0 aliphatic carbocycles. The fourth-order valence-electron chi connectivity index (χ4n) is 1.20. The molecule has 0 saturated heterocycles. The predicted molar refractivity (Wildman–Crippen MR) is 70.3 cm³/mol. The molecule has 0 bridgehead atoms. The second-order valence-electron chi connectivity index (χ2n) is 3.45. The van der Waals surface area contributed by atoms with Crippen LogP contribution in [0.15, 0.2) is 11.2 Å². The third kappa shape index (κ3) is 4.60. The van der Waals surface area contributed by atoms with E-state index in [9.17, 15) is 4.79 Å². The van der Waals surface area contributed by atoms with Gasteiger partial charge in [0.05, 0.1) is 5.75 Å². The van der Waals surface area contributed by atoms with Crippen molar-refractivity contribution in [2.75, 3.05) is 24.2 Å². The number of aryl methyl sites for hydroxylation is 1. The van der Waals surface area contributed by atoms with E-state index >= 15 is 0 Å². The summed E-state index contributed by atoms with van der Waals surface area (Å²) in [5, 5.41) is 6.66. The zero-order valence-electron chi connectivity index (χ0n) is 10.4. The first-order valence-corrected chi connectivity index (χ1v) is 6.63. The molecule has 0 atom stereocenters. The van der Waals surface area contributed by atoms with Crippen molar-refractivity contribution >= 4 is 23.6 Å². The molecule has 1 heterocycles. The summed E-state index contributed by atoms with van der Waals surface area (Å²) in [6.07, 6.45) is 1.77. The second kappa shape index (κ2) is 7.11. The van der Waals surface area contributed by atoms with Gasteiger partial charge in [0.1, 0.15) is 5.03 Å². The Labute approximate surface area is 106 Å². The molecular weight excluding hydrogens is 236 g/mol. The van der Waals surface area contributed by atoms with E-state index in [4.69, 9.17) is 0 Å². The van der Waals surface area contributed by atoms with E-state index in [1.165, 1.54) is 11.8 Å². The minimum absolute atomic E-state index is 0.0283. The van der Waals surface area contributed by atoms with Crippen molar-refractivity contribution in [3.05, 3.63) is 11.8 Å². The molecule has 2 N–H and O–H groups in total. The average molecular weight is 254 g/mol. The molecule has 1 amide bonds. The SMILES string of the molecule is CCNC(=O)CSc1nc(NCC)ncc1C. The zero-order chi connectivity index (χ0) is 12.7. The fraction of sp³-hybridized carbons (Fsp3) is 0.545. The molecule has 1 rings (SSSR count). The summed E-state index contributed by atoms with van der Waals surface area (Å²) < 4.78 is 0. The van der Waals surface area contributed by atoms with Crippen LogP contribution >= 0.6 is 11.8 Å². The van der Waals surface area contributed by atoms with Crippen LogP contribution in [0.25, 0.3) is 0 Å². The van der Waals surface area contributed by atoms with Crippen LogP contribution in [-0.4, -0.2) is 34.7 Å². The van der Waals surface area contributed by atoms with Gasteiger partial charge in [0, 0.05) is 19.3 Å². The van der Waals surface area contributed by atoms with Crippen molar-refractivity contribution in [1.29, 1.82) is 0 Å². The highest BCUT2D eigenvalue weighted by atomic mass is 32.2. The Morgan fingerprint density at radius 1 is 1.41 bits per heavy atom. The molecule has 0 aromatic carbocycles. The highest BCUT2D eigenvalue weighted by Gasteiger charge is 2.07. The van der Waals surface area contributed by atoms with Crippen LogP contribution < -0.4 is 10.6 Å². The van der Waals surface area contributed by atoms with Crippen LogP contribution in [0.1, 0.15) is 19.4 Å². The number of hydrogen-bond acceptors (Lipinski definition) is 5. The molecule has 0 aliphatic rings. The Hall–Kier alpha value is -1.30. The lowest BCUT2D eigenvalue weighted by Crippen LogP contribution is -2.24. The van der Waals surface area contributed by atoms with E-state index in [1.807, 2.05) is 20.8 Å². The Morgan fingerprint density at radius 2 is 2.18 bits per heavy atom. The number of aromatic nitrogens is 2. The number of amides is 1. The normalized spacial score (nSPS) is 10.1. The maximum absolute atomic E-state index is 11.3. The van der Waals surface area contributed by atoms with Gasteiger partial charge in [-0.2, -0.15) is 0 Å². The lowest BCUT2D eigenvalue weighted by molar-refractivity contribution is -0.118. The summed E-state index contributed by atoms with van der Waals surface area (Å²) in [5.74, 6) is 1.02. The molecule has 0 unspecified atom stereocenters. The highest BCUT2D eigenvalue weighted by Crippen LogP contribution is 2.20. The average Bonchev–Trinajstić information content (AvgIpc) is 2.30. The molecule has 94 valence electrons. The van der Waals surface area contributed by atoms with Crippen molar-refractivity contribution in [3.8, 4) is 0 Å². The first kappa shape index (κ1) is 13.8. The van der Waals surface area contributed by atoms with Gasteiger partial charge < -0.3 is 10.6 Å². The Kier molecular flexibility index (Phi) is 5.76. The molecule has 17 heavy (non-hydrogen) atoms. The Morgan fingerprint density at radius 3 is 2.82 bits per heavy atom. The highest BCUT2D eigenvalue weighted by molar-refractivity contribution is 7.99. The number of anilines is 1. The summed E-state index contributed by atoms with van der Waals surface area (Å²) in [6.45, 7) is 7.27. The summed E-state index contributed by atoms with van der Waals surface area (Å²) >= 11 is 1.43. The minimum atomic E-state index is 0.0283. The second-order valence-corrected chi connectivity index (χ2v) is 4.42. The number of nitrogens with zero attached hydrogens (tertiary/aromatic N) is 2. The number of rotatable bonds is 6. The van der Waals surface area contributed by atoms with Crippen molar-refractivity contribution in [2.24, 2.45) is 0 Å². The molecule has 5 nitrogen and oxygen atoms in total. The van der Waals surface area contributed by atoms with Crippen molar-refractivity contribution < 1.29 is 4.79 Å². The van der Waals surface area contributed by atoms with Gasteiger partial charge in [-0.25, -0.2) is 9.97 Å². The number of nitrogens with one attached hydrogen (secondary N) is 2. The van der Waals surface area contributed by atoms with Crippen molar-refractivity contribution in [2.45, 2.75) is 25.8 Å². The molecule has 0 spiro atoms. The number of hydrogen-bond donors (Lipinski definition) is 2. The number of thioether (sulfide) groups is 1. The first-order chi connectivity index (χ1) is 8.17. The molecule has 0 radical (unpaired) electrons. The lowest BCUT2D eigenvalue weighted by atomic mass is 10.4. The van der Waals surface area contributed by atoms with Gasteiger partial charge in [0.15, 0.2) is 0 Å². The van der Waals surface area contributed by atoms with E-state index < -0.39 is 0 Å². The largest absolute Gasteiger partial charge is 0.356 e. The van der Waals surface area contributed by atoms with Crippen LogP contribution in [0.3, 0.4) is 0 Å². The Balaban J connectivity index is 2.62. The van der Waals surface area contributed by atoms with Crippen LogP contribution in [0, 0.1) is 6.92 Å². The smallest absolute Gasteiger partial charge is 0.230 e. The van der Waals surface area contributed by atoms with Gasteiger partial charge >= 0.3 is 0 Å².